The molecule has 7 heteroatoms. The molecule has 22 heavy (non-hydrogen) atoms. The van der Waals surface area contributed by atoms with Crippen LogP contribution in [-0.2, 0) is 0 Å². The minimum absolute atomic E-state index is 0.0362. The van der Waals surface area contributed by atoms with E-state index in [1.54, 1.807) is 31.2 Å². The quantitative estimate of drug-likeness (QED) is 0.686. The van der Waals surface area contributed by atoms with Crippen LogP contribution in [0.4, 0.5) is 11.4 Å². The number of hydrogen-bond donors (Lipinski definition) is 1. The molecule has 0 aliphatic heterocycles. The highest BCUT2D eigenvalue weighted by Gasteiger charge is 2.18. The molecule has 0 fully saturated rings. The van der Waals surface area contributed by atoms with E-state index in [1.807, 2.05) is 0 Å². The van der Waals surface area contributed by atoms with Gasteiger partial charge in [0.2, 0.25) is 0 Å². The normalized spacial score (nSPS) is 10.1. The highest BCUT2D eigenvalue weighted by atomic mass is 35.5. The van der Waals surface area contributed by atoms with Crippen molar-refractivity contribution in [1.29, 1.82) is 0 Å². The van der Waals surface area contributed by atoms with E-state index in [4.69, 9.17) is 16.3 Å². The number of aryl methyl sites for hydroxylation is 1. The maximum absolute atomic E-state index is 12.3. The van der Waals surface area contributed by atoms with Gasteiger partial charge in [0.05, 0.1) is 17.6 Å². The first kappa shape index (κ1) is 15.8. The number of amides is 1. The zero-order chi connectivity index (χ0) is 16.3. The molecule has 0 spiro atoms. The van der Waals surface area contributed by atoms with Gasteiger partial charge in [-0.25, -0.2) is 0 Å². The third kappa shape index (κ3) is 3.17. The number of benzene rings is 2. The third-order valence-electron chi connectivity index (χ3n) is 3.09. The van der Waals surface area contributed by atoms with Crippen LogP contribution in [0, 0.1) is 17.0 Å². The van der Waals surface area contributed by atoms with Crippen LogP contribution in [-0.4, -0.2) is 17.9 Å². The summed E-state index contributed by atoms with van der Waals surface area (Å²) in [6, 6.07) is 9.44. The Bertz CT molecular complexity index is 746. The van der Waals surface area contributed by atoms with E-state index in [0.29, 0.717) is 22.6 Å². The molecule has 0 atom stereocenters. The van der Waals surface area contributed by atoms with Gasteiger partial charge in [0.1, 0.15) is 10.8 Å². The van der Waals surface area contributed by atoms with Gasteiger partial charge in [0.25, 0.3) is 11.6 Å². The first-order valence-corrected chi connectivity index (χ1v) is 6.70. The van der Waals surface area contributed by atoms with E-state index in [2.05, 4.69) is 5.32 Å². The lowest BCUT2D eigenvalue weighted by molar-refractivity contribution is -0.384. The Morgan fingerprint density at radius 1 is 1.32 bits per heavy atom. The van der Waals surface area contributed by atoms with Crippen molar-refractivity contribution in [3.63, 3.8) is 0 Å². The summed E-state index contributed by atoms with van der Waals surface area (Å²) in [5, 5.41) is 13.5. The SMILES string of the molecule is COc1ccccc1C(=O)Nc1cc(Cl)c([N+](=O)[O-])cc1C. The number of ether oxygens (including phenoxy) is 1. The highest BCUT2D eigenvalue weighted by Crippen LogP contribution is 2.31. The van der Waals surface area contributed by atoms with Gasteiger partial charge in [-0.2, -0.15) is 0 Å². The summed E-state index contributed by atoms with van der Waals surface area (Å²) >= 11 is 5.87. The molecule has 0 aliphatic rings. The average molecular weight is 321 g/mol. The lowest BCUT2D eigenvalue weighted by Crippen LogP contribution is -2.14. The maximum Gasteiger partial charge on any atom is 0.288 e. The van der Waals surface area contributed by atoms with Crippen LogP contribution in [0.25, 0.3) is 0 Å². The van der Waals surface area contributed by atoms with Crippen LogP contribution in [0.2, 0.25) is 5.02 Å². The van der Waals surface area contributed by atoms with E-state index in [1.165, 1.54) is 19.2 Å². The summed E-state index contributed by atoms with van der Waals surface area (Å²) in [7, 11) is 1.47. The Morgan fingerprint density at radius 3 is 2.64 bits per heavy atom. The van der Waals surface area contributed by atoms with Gasteiger partial charge in [0, 0.05) is 11.8 Å². The van der Waals surface area contributed by atoms with Crippen molar-refractivity contribution in [3.8, 4) is 5.75 Å². The topological polar surface area (TPSA) is 81.5 Å². The van der Waals surface area contributed by atoms with Crippen molar-refractivity contribution in [3.05, 3.63) is 62.7 Å². The Hall–Kier alpha value is -2.60. The van der Waals surface area contributed by atoms with Gasteiger partial charge >= 0.3 is 0 Å². The van der Waals surface area contributed by atoms with Crippen LogP contribution in [0.1, 0.15) is 15.9 Å². The van der Waals surface area contributed by atoms with Crippen LogP contribution in [0.3, 0.4) is 0 Å². The predicted octanol–water partition coefficient (Wildman–Crippen LogP) is 3.82. The Kier molecular flexibility index (Phi) is 4.62. The van der Waals surface area contributed by atoms with E-state index in [-0.39, 0.29) is 16.6 Å². The lowest BCUT2D eigenvalue weighted by Gasteiger charge is -2.11. The Labute approximate surface area is 131 Å². The van der Waals surface area contributed by atoms with Crippen molar-refractivity contribution < 1.29 is 14.5 Å². The number of nitrogens with zero attached hydrogens (tertiary/aromatic N) is 1. The maximum atomic E-state index is 12.3. The first-order valence-electron chi connectivity index (χ1n) is 6.33. The number of methoxy groups -OCH3 is 1. The minimum Gasteiger partial charge on any atom is -0.496 e. The van der Waals surface area contributed by atoms with Gasteiger partial charge in [-0.05, 0) is 30.7 Å². The van der Waals surface area contributed by atoms with Crippen molar-refractivity contribution in [2.24, 2.45) is 0 Å². The summed E-state index contributed by atoms with van der Waals surface area (Å²) in [5.41, 5.74) is 1.11. The number of carbonyl (C=O) groups is 1. The van der Waals surface area contributed by atoms with Gasteiger partial charge in [-0.3, -0.25) is 14.9 Å². The van der Waals surface area contributed by atoms with Crippen LogP contribution < -0.4 is 10.1 Å². The lowest BCUT2D eigenvalue weighted by atomic mass is 10.1. The second-order valence-electron chi connectivity index (χ2n) is 4.53. The smallest absolute Gasteiger partial charge is 0.288 e. The van der Waals surface area contributed by atoms with Crippen LogP contribution in [0.5, 0.6) is 5.75 Å². The fourth-order valence-electron chi connectivity index (χ4n) is 1.96. The molecule has 0 aromatic heterocycles. The monoisotopic (exact) mass is 320 g/mol. The number of carbonyl (C=O) groups excluding carboxylic acids is 1. The predicted molar refractivity (Wildman–Crippen MR) is 83.8 cm³/mol. The summed E-state index contributed by atoms with van der Waals surface area (Å²) < 4.78 is 5.13. The molecule has 0 unspecified atom stereocenters. The molecule has 2 rings (SSSR count). The van der Waals surface area contributed by atoms with Crippen LogP contribution >= 0.6 is 11.6 Å². The van der Waals surface area contributed by atoms with E-state index >= 15 is 0 Å². The highest BCUT2D eigenvalue weighted by molar-refractivity contribution is 6.33. The summed E-state index contributed by atoms with van der Waals surface area (Å²) in [4.78, 5) is 22.6. The largest absolute Gasteiger partial charge is 0.496 e. The van der Waals surface area contributed by atoms with Crippen molar-refractivity contribution in [2.75, 3.05) is 12.4 Å². The number of halogens is 1. The zero-order valence-corrected chi connectivity index (χ0v) is 12.7. The number of anilines is 1. The Morgan fingerprint density at radius 2 is 2.00 bits per heavy atom. The molecule has 114 valence electrons. The molecule has 0 heterocycles. The zero-order valence-electron chi connectivity index (χ0n) is 11.9. The molecular weight excluding hydrogens is 308 g/mol. The Balaban J connectivity index is 2.33. The van der Waals surface area contributed by atoms with E-state index in [9.17, 15) is 14.9 Å². The number of hydrogen-bond acceptors (Lipinski definition) is 4. The first-order chi connectivity index (χ1) is 10.4. The molecule has 6 nitrogen and oxygen atoms in total. The number of rotatable bonds is 4. The molecule has 0 aliphatic carbocycles. The number of nitro groups is 1. The average Bonchev–Trinajstić information content (AvgIpc) is 2.50. The van der Waals surface area contributed by atoms with E-state index in [0.717, 1.165) is 0 Å². The summed E-state index contributed by atoms with van der Waals surface area (Å²) in [6.45, 7) is 1.65. The second kappa shape index (κ2) is 6.44. The van der Waals surface area contributed by atoms with Crippen LogP contribution in [0.15, 0.2) is 36.4 Å². The molecule has 1 N–H and O–H groups in total. The van der Waals surface area contributed by atoms with E-state index < -0.39 is 4.92 Å². The molecule has 2 aromatic carbocycles. The van der Waals surface area contributed by atoms with Gasteiger partial charge < -0.3 is 10.1 Å². The molecule has 0 saturated carbocycles. The number of nitrogens with one attached hydrogen (secondary N) is 1. The third-order valence-corrected chi connectivity index (χ3v) is 3.39. The van der Waals surface area contributed by atoms with Gasteiger partial charge in [-0.1, -0.05) is 23.7 Å². The number of nitro benzene ring substituents is 1. The fourth-order valence-corrected chi connectivity index (χ4v) is 2.20. The summed E-state index contributed by atoms with van der Waals surface area (Å²) in [6.07, 6.45) is 0. The number of para-hydroxylation sites is 1. The molecule has 0 saturated heterocycles. The molecule has 1 amide bonds. The molecule has 0 radical (unpaired) electrons. The van der Waals surface area contributed by atoms with Crippen molar-refractivity contribution in [2.45, 2.75) is 6.92 Å². The van der Waals surface area contributed by atoms with Crippen molar-refractivity contribution in [1.82, 2.24) is 0 Å². The standard InChI is InChI=1S/C15H13ClN2O4/c1-9-7-13(18(20)21)11(16)8-12(9)17-15(19)10-5-3-4-6-14(10)22-2/h3-8H,1-2H3,(H,17,19). The molecule has 2 aromatic rings. The van der Waals surface area contributed by atoms with Gasteiger partial charge in [-0.15, -0.1) is 0 Å². The van der Waals surface area contributed by atoms with Gasteiger partial charge in [0.15, 0.2) is 0 Å². The molecule has 0 bridgehead atoms. The fraction of sp³-hybridized carbons (Fsp3) is 0.133. The summed E-state index contributed by atoms with van der Waals surface area (Å²) in [5.74, 6) is 0.0520. The minimum atomic E-state index is -0.568. The second-order valence-corrected chi connectivity index (χ2v) is 4.94. The van der Waals surface area contributed by atoms with Crippen molar-refractivity contribution >= 4 is 28.9 Å². The molecular formula is C15H13ClN2O4.